The van der Waals surface area contributed by atoms with Gasteiger partial charge in [0.2, 0.25) is 0 Å². The van der Waals surface area contributed by atoms with E-state index >= 15 is 0 Å². The lowest BCUT2D eigenvalue weighted by atomic mass is 10.0. The van der Waals surface area contributed by atoms with Crippen LogP contribution in [0, 0.1) is 5.82 Å². The maximum atomic E-state index is 13.6. The van der Waals surface area contributed by atoms with Crippen molar-refractivity contribution < 1.29 is 14.2 Å². The standard InChI is InChI=1S/C11H12ClFO2/c1-15-6-7-4-8(11(14)2-3-11)10(13)9(12)5-7/h4-5,14H,2-3,6H2,1H3. The molecule has 0 aromatic heterocycles. The van der Waals surface area contributed by atoms with E-state index < -0.39 is 11.4 Å². The van der Waals surface area contributed by atoms with Gasteiger partial charge in [-0.1, -0.05) is 11.6 Å². The smallest absolute Gasteiger partial charge is 0.147 e. The molecule has 0 aliphatic heterocycles. The molecule has 1 aromatic carbocycles. The van der Waals surface area contributed by atoms with E-state index in [4.69, 9.17) is 16.3 Å². The summed E-state index contributed by atoms with van der Waals surface area (Å²) in [5.41, 5.74) is 0.0681. The Hall–Kier alpha value is -0.640. The number of aliphatic hydroxyl groups is 1. The van der Waals surface area contributed by atoms with Gasteiger partial charge in [-0.05, 0) is 30.5 Å². The molecular weight excluding hydrogens is 219 g/mol. The topological polar surface area (TPSA) is 29.5 Å². The molecule has 82 valence electrons. The quantitative estimate of drug-likeness (QED) is 0.865. The number of halogens is 2. The van der Waals surface area contributed by atoms with Crippen LogP contribution in [0.2, 0.25) is 5.02 Å². The third-order valence-corrected chi connectivity index (χ3v) is 2.90. The first-order valence-corrected chi connectivity index (χ1v) is 5.14. The molecule has 1 aliphatic carbocycles. The lowest BCUT2D eigenvalue weighted by Gasteiger charge is -2.12. The molecule has 1 saturated carbocycles. The van der Waals surface area contributed by atoms with Gasteiger partial charge in [-0.25, -0.2) is 4.39 Å². The number of benzene rings is 1. The summed E-state index contributed by atoms with van der Waals surface area (Å²) >= 11 is 5.75. The number of methoxy groups -OCH3 is 1. The van der Waals surface area contributed by atoms with Gasteiger partial charge in [0, 0.05) is 12.7 Å². The molecule has 0 heterocycles. The predicted octanol–water partition coefficient (Wildman–Crippen LogP) is 2.61. The molecule has 1 N–H and O–H groups in total. The Bertz CT molecular complexity index is 388. The summed E-state index contributed by atoms with van der Waals surface area (Å²) in [7, 11) is 1.56. The highest BCUT2D eigenvalue weighted by Crippen LogP contribution is 2.47. The molecule has 0 saturated heterocycles. The van der Waals surface area contributed by atoms with E-state index in [9.17, 15) is 9.50 Å². The second kappa shape index (κ2) is 3.74. The van der Waals surface area contributed by atoms with Crippen LogP contribution in [0.25, 0.3) is 0 Å². The van der Waals surface area contributed by atoms with Crippen molar-refractivity contribution in [2.24, 2.45) is 0 Å². The fourth-order valence-corrected chi connectivity index (χ4v) is 1.86. The van der Waals surface area contributed by atoms with Crippen LogP contribution in [0.3, 0.4) is 0 Å². The molecule has 0 unspecified atom stereocenters. The number of hydrogen-bond donors (Lipinski definition) is 1. The lowest BCUT2D eigenvalue weighted by Crippen LogP contribution is -2.09. The molecule has 0 spiro atoms. The number of hydrogen-bond acceptors (Lipinski definition) is 2. The molecule has 0 atom stereocenters. The largest absolute Gasteiger partial charge is 0.385 e. The van der Waals surface area contributed by atoms with Gasteiger partial charge >= 0.3 is 0 Å². The van der Waals surface area contributed by atoms with E-state index in [0.29, 0.717) is 25.0 Å². The molecule has 2 nitrogen and oxygen atoms in total. The highest BCUT2D eigenvalue weighted by atomic mass is 35.5. The fourth-order valence-electron chi connectivity index (χ4n) is 1.62. The minimum atomic E-state index is -1.00. The van der Waals surface area contributed by atoms with Gasteiger partial charge in [-0.15, -0.1) is 0 Å². The van der Waals surface area contributed by atoms with E-state index in [1.807, 2.05) is 0 Å². The summed E-state index contributed by atoms with van der Waals surface area (Å²) in [5.74, 6) is -0.517. The van der Waals surface area contributed by atoms with Crippen LogP contribution in [0.1, 0.15) is 24.0 Å². The average molecular weight is 231 g/mol. The van der Waals surface area contributed by atoms with Gasteiger partial charge < -0.3 is 9.84 Å². The van der Waals surface area contributed by atoms with E-state index in [2.05, 4.69) is 0 Å². The summed E-state index contributed by atoms with van der Waals surface area (Å²) in [4.78, 5) is 0. The molecule has 0 amide bonds. The lowest BCUT2D eigenvalue weighted by molar-refractivity contribution is 0.145. The molecular formula is C11H12ClFO2. The summed E-state index contributed by atoms with van der Waals surface area (Å²) in [5, 5.41) is 9.90. The highest BCUT2D eigenvalue weighted by molar-refractivity contribution is 6.30. The minimum Gasteiger partial charge on any atom is -0.385 e. The highest BCUT2D eigenvalue weighted by Gasteiger charge is 2.44. The Morgan fingerprint density at radius 1 is 1.53 bits per heavy atom. The molecule has 1 aliphatic rings. The average Bonchev–Trinajstić information content (AvgIpc) is 2.91. The first kappa shape index (κ1) is 10.9. The van der Waals surface area contributed by atoms with Crippen molar-refractivity contribution in [1.82, 2.24) is 0 Å². The maximum absolute atomic E-state index is 13.6. The van der Waals surface area contributed by atoms with Gasteiger partial charge in [0.15, 0.2) is 0 Å². The molecule has 15 heavy (non-hydrogen) atoms. The molecule has 2 rings (SSSR count). The Balaban J connectivity index is 2.43. The Kier molecular flexibility index (Phi) is 2.71. The van der Waals surface area contributed by atoms with E-state index in [1.54, 1.807) is 13.2 Å². The number of rotatable bonds is 3. The summed E-state index contributed by atoms with van der Waals surface area (Å²) in [6.07, 6.45) is 1.19. The second-order valence-electron chi connectivity index (χ2n) is 3.90. The van der Waals surface area contributed by atoms with Crippen LogP contribution < -0.4 is 0 Å². The van der Waals surface area contributed by atoms with Crippen molar-refractivity contribution in [2.75, 3.05) is 7.11 Å². The van der Waals surface area contributed by atoms with Gasteiger partial charge in [0.1, 0.15) is 5.82 Å². The Morgan fingerprint density at radius 2 is 2.20 bits per heavy atom. The van der Waals surface area contributed by atoms with Crippen LogP contribution in [-0.2, 0) is 16.9 Å². The SMILES string of the molecule is COCc1cc(Cl)c(F)c(C2(O)CC2)c1. The van der Waals surface area contributed by atoms with Crippen molar-refractivity contribution in [2.45, 2.75) is 25.0 Å². The molecule has 1 fully saturated rings. The van der Waals surface area contributed by atoms with Gasteiger partial charge in [0.05, 0.1) is 17.2 Å². The zero-order valence-electron chi connectivity index (χ0n) is 8.39. The third kappa shape index (κ3) is 2.00. The first-order valence-electron chi connectivity index (χ1n) is 4.76. The second-order valence-corrected chi connectivity index (χ2v) is 4.31. The van der Waals surface area contributed by atoms with Crippen molar-refractivity contribution in [1.29, 1.82) is 0 Å². The summed E-state index contributed by atoms with van der Waals surface area (Å²) in [6, 6.07) is 3.15. The predicted molar refractivity (Wildman–Crippen MR) is 55.3 cm³/mol. The van der Waals surface area contributed by atoms with Gasteiger partial charge in [0.25, 0.3) is 0 Å². The maximum Gasteiger partial charge on any atom is 0.147 e. The molecule has 0 bridgehead atoms. The number of ether oxygens (including phenoxy) is 1. The zero-order valence-corrected chi connectivity index (χ0v) is 9.14. The monoisotopic (exact) mass is 230 g/mol. The van der Waals surface area contributed by atoms with E-state index in [0.717, 1.165) is 5.56 Å². The summed E-state index contributed by atoms with van der Waals surface area (Å²) < 4.78 is 18.6. The van der Waals surface area contributed by atoms with Crippen molar-refractivity contribution in [3.8, 4) is 0 Å². The Morgan fingerprint density at radius 3 is 2.73 bits per heavy atom. The first-order chi connectivity index (χ1) is 7.07. The molecule has 4 heteroatoms. The van der Waals surface area contributed by atoms with Crippen molar-refractivity contribution in [3.05, 3.63) is 34.1 Å². The van der Waals surface area contributed by atoms with E-state index in [1.165, 1.54) is 6.07 Å². The summed E-state index contributed by atoms with van der Waals surface area (Å²) in [6.45, 7) is 0.364. The van der Waals surface area contributed by atoms with Crippen molar-refractivity contribution in [3.63, 3.8) is 0 Å². The zero-order chi connectivity index (χ0) is 11.1. The van der Waals surface area contributed by atoms with Gasteiger partial charge in [-0.2, -0.15) is 0 Å². The normalized spacial score (nSPS) is 17.9. The molecule has 1 aromatic rings. The fraction of sp³-hybridized carbons (Fsp3) is 0.455. The van der Waals surface area contributed by atoms with Crippen LogP contribution in [0.4, 0.5) is 4.39 Å². The van der Waals surface area contributed by atoms with Crippen LogP contribution in [0.15, 0.2) is 12.1 Å². The minimum absolute atomic E-state index is 0.0416. The third-order valence-electron chi connectivity index (χ3n) is 2.62. The van der Waals surface area contributed by atoms with E-state index in [-0.39, 0.29) is 5.02 Å². The molecule has 0 radical (unpaired) electrons. The van der Waals surface area contributed by atoms with Crippen molar-refractivity contribution >= 4 is 11.6 Å². The Labute approximate surface area is 92.6 Å². The van der Waals surface area contributed by atoms with Crippen LogP contribution >= 0.6 is 11.6 Å². The van der Waals surface area contributed by atoms with Crippen LogP contribution in [-0.4, -0.2) is 12.2 Å². The van der Waals surface area contributed by atoms with Crippen LogP contribution in [0.5, 0.6) is 0 Å². The van der Waals surface area contributed by atoms with Gasteiger partial charge in [-0.3, -0.25) is 0 Å².